The monoisotopic (exact) mass is 265 g/mol. The fourth-order valence-corrected chi connectivity index (χ4v) is 1.89. The lowest BCUT2D eigenvalue weighted by Gasteiger charge is -1.92. The Morgan fingerprint density at radius 3 is 2.89 bits per heavy atom. The molecule has 0 aromatic carbocycles. The van der Waals surface area contributed by atoms with Gasteiger partial charge in [-0.15, -0.1) is 0 Å². The molecule has 0 radical (unpaired) electrons. The highest BCUT2D eigenvalue weighted by Gasteiger charge is 2.17. The van der Waals surface area contributed by atoms with Gasteiger partial charge in [0.15, 0.2) is 5.82 Å². The second kappa shape index (κ2) is 3.58. The molecule has 9 nitrogen and oxygen atoms in total. The number of aromatic nitrogens is 6. The average molecular weight is 265 g/mol. The van der Waals surface area contributed by atoms with Gasteiger partial charge in [0.2, 0.25) is 0 Å². The van der Waals surface area contributed by atoms with Crippen LogP contribution in [0.4, 0.5) is 0 Å². The lowest BCUT2D eigenvalue weighted by Crippen LogP contribution is -2.13. The van der Waals surface area contributed by atoms with E-state index >= 15 is 0 Å². The number of nitrogens with zero attached hydrogens (tertiary/aromatic N) is 5. The Morgan fingerprint density at radius 2 is 2.17 bits per heavy atom. The lowest BCUT2D eigenvalue weighted by molar-refractivity contribution is 0.589. The summed E-state index contributed by atoms with van der Waals surface area (Å²) in [5.74, 6) is 0.196. The van der Waals surface area contributed by atoms with E-state index in [1.807, 2.05) is 0 Å². The highest BCUT2D eigenvalue weighted by molar-refractivity contribution is 7.89. The third kappa shape index (κ3) is 1.63. The van der Waals surface area contributed by atoms with Crippen molar-refractivity contribution in [2.75, 3.05) is 0 Å². The van der Waals surface area contributed by atoms with Crippen molar-refractivity contribution in [3.05, 3.63) is 24.8 Å². The van der Waals surface area contributed by atoms with Crippen molar-refractivity contribution in [3.8, 4) is 11.4 Å². The number of sulfonamides is 1. The predicted molar refractivity (Wildman–Crippen MR) is 59.7 cm³/mol. The molecule has 0 unspecified atom stereocenters. The molecule has 10 heteroatoms. The molecule has 3 aromatic rings. The van der Waals surface area contributed by atoms with Gasteiger partial charge in [-0.05, 0) is 0 Å². The first kappa shape index (κ1) is 10.8. The first-order valence-corrected chi connectivity index (χ1v) is 6.33. The van der Waals surface area contributed by atoms with Crippen LogP contribution in [0.15, 0.2) is 29.9 Å². The molecule has 0 spiro atoms. The summed E-state index contributed by atoms with van der Waals surface area (Å²) in [4.78, 5) is 7.77. The number of fused-ring (bicyclic) bond motifs is 1. The molecule has 0 saturated heterocycles. The Kier molecular flexibility index (Phi) is 2.15. The van der Waals surface area contributed by atoms with Crippen molar-refractivity contribution < 1.29 is 8.42 Å². The maximum absolute atomic E-state index is 11.1. The minimum absolute atomic E-state index is 0.196. The van der Waals surface area contributed by atoms with E-state index in [0.29, 0.717) is 11.1 Å². The van der Waals surface area contributed by atoms with Crippen molar-refractivity contribution in [3.63, 3.8) is 0 Å². The van der Waals surface area contributed by atoms with Crippen LogP contribution in [0, 0.1) is 0 Å². The SMILES string of the molecule is NS(=O)(=O)c1nc(-c2cnn3ccncc23)n[nH]1. The van der Waals surface area contributed by atoms with Crippen LogP contribution in [0.25, 0.3) is 16.9 Å². The van der Waals surface area contributed by atoms with Crippen LogP contribution in [-0.2, 0) is 10.0 Å². The Balaban J connectivity index is 2.18. The average Bonchev–Trinajstić information content (AvgIpc) is 2.94. The molecule has 18 heavy (non-hydrogen) atoms. The summed E-state index contributed by atoms with van der Waals surface area (Å²) in [6.45, 7) is 0. The number of H-pyrrole nitrogens is 1. The Hall–Kier alpha value is -2.33. The Morgan fingerprint density at radius 1 is 1.33 bits per heavy atom. The van der Waals surface area contributed by atoms with Gasteiger partial charge in [-0.3, -0.25) is 4.98 Å². The first-order valence-electron chi connectivity index (χ1n) is 4.78. The molecule has 0 atom stereocenters. The highest BCUT2D eigenvalue weighted by atomic mass is 32.2. The topological polar surface area (TPSA) is 132 Å². The summed E-state index contributed by atoms with van der Waals surface area (Å²) in [6, 6.07) is 0. The van der Waals surface area contributed by atoms with Crippen molar-refractivity contribution >= 4 is 15.5 Å². The standard InChI is InChI=1S/C8H7N7O2S/c9-18(16,17)8-12-7(13-14-8)5-3-11-15-2-1-10-4-6(5)15/h1-4H,(H2,9,16,17)(H,12,13,14). The van der Waals surface area contributed by atoms with Gasteiger partial charge in [0.05, 0.1) is 23.5 Å². The van der Waals surface area contributed by atoms with E-state index in [4.69, 9.17) is 5.14 Å². The van der Waals surface area contributed by atoms with Crippen LogP contribution in [0.3, 0.4) is 0 Å². The molecule has 0 amide bonds. The zero-order valence-electron chi connectivity index (χ0n) is 8.85. The van der Waals surface area contributed by atoms with E-state index in [-0.39, 0.29) is 11.0 Å². The number of aromatic amines is 1. The van der Waals surface area contributed by atoms with E-state index in [2.05, 4.69) is 25.3 Å². The number of nitrogens with two attached hydrogens (primary N) is 1. The predicted octanol–water partition coefficient (Wildman–Crippen LogP) is -0.838. The molecule has 0 aliphatic heterocycles. The minimum Gasteiger partial charge on any atom is -0.261 e. The molecule has 3 N–H and O–H groups in total. The summed E-state index contributed by atoms with van der Waals surface area (Å²) < 4.78 is 23.8. The lowest BCUT2D eigenvalue weighted by atomic mass is 10.3. The van der Waals surface area contributed by atoms with Crippen molar-refractivity contribution in [2.24, 2.45) is 5.14 Å². The number of primary sulfonamides is 1. The summed E-state index contributed by atoms with van der Waals surface area (Å²) >= 11 is 0. The van der Waals surface area contributed by atoms with Gasteiger partial charge >= 0.3 is 0 Å². The molecule has 3 rings (SSSR count). The number of rotatable bonds is 2. The Bertz CT molecular complexity index is 819. The second-order valence-corrected chi connectivity index (χ2v) is 4.95. The zero-order chi connectivity index (χ0) is 12.8. The summed E-state index contributed by atoms with van der Waals surface area (Å²) in [5, 5.41) is 14.7. The molecule has 3 heterocycles. The molecular weight excluding hydrogens is 258 g/mol. The van der Waals surface area contributed by atoms with Gasteiger partial charge < -0.3 is 0 Å². The Labute approximate surface area is 101 Å². The second-order valence-electron chi connectivity index (χ2n) is 3.47. The minimum atomic E-state index is -3.90. The van der Waals surface area contributed by atoms with E-state index < -0.39 is 10.0 Å². The maximum atomic E-state index is 11.1. The molecule has 0 bridgehead atoms. The van der Waals surface area contributed by atoms with E-state index in [1.165, 1.54) is 6.20 Å². The van der Waals surface area contributed by atoms with E-state index in [9.17, 15) is 8.42 Å². The highest BCUT2D eigenvalue weighted by Crippen LogP contribution is 2.20. The fourth-order valence-electron chi connectivity index (χ4n) is 1.50. The molecule has 3 aromatic heterocycles. The number of nitrogens with one attached hydrogen (secondary N) is 1. The van der Waals surface area contributed by atoms with Crippen LogP contribution in [0.2, 0.25) is 0 Å². The maximum Gasteiger partial charge on any atom is 0.273 e. The van der Waals surface area contributed by atoms with Crippen molar-refractivity contribution in [2.45, 2.75) is 5.16 Å². The zero-order valence-corrected chi connectivity index (χ0v) is 9.66. The molecule has 0 aliphatic rings. The van der Waals surface area contributed by atoms with Crippen molar-refractivity contribution in [1.82, 2.24) is 29.8 Å². The third-order valence-corrected chi connectivity index (χ3v) is 3.02. The van der Waals surface area contributed by atoms with Crippen LogP contribution in [0.5, 0.6) is 0 Å². The van der Waals surface area contributed by atoms with Crippen LogP contribution < -0.4 is 5.14 Å². The normalized spacial score (nSPS) is 12.1. The van der Waals surface area contributed by atoms with Crippen LogP contribution in [0.1, 0.15) is 0 Å². The quantitative estimate of drug-likeness (QED) is 0.621. The van der Waals surface area contributed by atoms with E-state index in [0.717, 1.165) is 0 Å². The largest absolute Gasteiger partial charge is 0.273 e. The molecule has 0 fully saturated rings. The smallest absolute Gasteiger partial charge is 0.261 e. The van der Waals surface area contributed by atoms with Gasteiger partial charge in [0, 0.05) is 12.4 Å². The fraction of sp³-hybridized carbons (Fsp3) is 0. The van der Waals surface area contributed by atoms with Crippen LogP contribution >= 0.6 is 0 Å². The van der Waals surface area contributed by atoms with Gasteiger partial charge in [0.1, 0.15) is 0 Å². The molecule has 0 saturated carbocycles. The first-order chi connectivity index (χ1) is 8.55. The van der Waals surface area contributed by atoms with Crippen molar-refractivity contribution in [1.29, 1.82) is 0 Å². The van der Waals surface area contributed by atoms with E-state index in [1.54, 1.807) is 23.1 Å². The van der Waals surface area contributed by atoms with Gasteiger partial charge in [-0.25, -0.2) is 23.2 Å². The number of hydrogen-bond donors (Lipinski definition) is 2. The summed E-state index contributed by atoms with van der Waals surface area (Å²) in [6.07, 6.45) is 6.34. The molecular formula is C8H7N7O2S. The van der Waals surface area contributed by atoms with Gasteiger partial charge in [-0.2, -0.15) is 15.2 Å². The van der Waals surface area contributed by atoms with Gasteiger partial charge in [0.25, 0.3) is 15.2 Å². The van der Waals surface area contributed by atoms with Gasteiger partial charge in [-0.1, -0.05) is 0 Å². The number of hydrogen-bond acceptors (Lipinski definition) is 6. The third-order valence-electron chi connectivity index (χ3n) is 2.30. The molecule has 0 aliphatic carbocycles. The summed E-state index contributed by atoms with van der Waals surface area (Å²) in [5.41, 5.74) is 1.23. The molecule has 92 valence electrons. The summed E-state index contributed by atoms with van der Waals surface area (Å²) in [7, 11) is -3.90. The van der Waals surface area contributed by atoms with Crippen LogP contribution in [-0.4, -0.2) is 38.2 Å².